The minimum Gasteiger partial charge on any atom is -0.493 e. The van der Waals surface area contributed by atoms with Gasteiger partial charge in [-0.15, -0.1) is 0 Å². The normalized spacial score (nSPS) is 10.7. The SMILES string of the molecule is C=CCOc1c(I)cc(/C=C(\C#N)C(=O)Nc2ccc(OCc3ccc(C)cc3)cc2)cc1OC. The molecule has 3 aromatic rings. The standard InChI is InChI=1S/C28H25IN2O4/c1-4-13-34-27-25(29)15-21(16-26(27)33-3)14-22(17-30)28(32)31-23-9-11-24(12-10-23)35-18-20-7-5-19(2)6-8-20/h4-12,14-16H,1,13,18H2,2-3H3,(H,31,32)/b22-14+. The number of carbonyl (C=O) groups excluding carboxylic acids is 1. The highest BCUT2D eigenvalue weighted by atomic mass is 127. The highest BCUT2D eigenvalue weighted by Crippen LogP contribution is 2.34. The third-order valence-electron chi connectivity index (χ3n) is 4.91. The molecule has 0 spiro atoms. The number of methoxy groups -OCH3 is 1. The number of nitrogens with one attached hydrogen (secondary N) is 1. The monoisotopic (exact) mass is 580 g/mol. The number of amides is 1. The Morgan fingerprint density at radius 1 is 1.11 bits per heavy atom. The van der Waals surface area contributed by atoms with Crippen LogP contribution in [0.3, 0.4) is 0 Å². The van der Waals surface area contributed by atoms with E-state index in [9.17, 15) is 10.1 Å². The minimum atomic E-state index is -0.512. The third-order valence-corrected chi connectivity index (χ3v) is 5.71. The summed E-state index contributed by atoms with van der Waals surface area (Å²) in [6, 6.07) is 20.6. The zero-order valence-corrected chi connectivity index (χ0v) is 21.7. The molecule has 0 saturated carbocycles. The Balaban J connectivity index is 1.68. The average molecular weight is 580 g/mol. The van der Waals surface area contributed by atoms with Gasteiger partial charge in [0.15, 0.2) is 11.5 Å². The number of nitriles is 1. The lowest BCUT2D eigenvalue weighted by atomic mass is 10.1. The van der Waals surface area contributed by atoms with Gasteiger partial charge in [-0.05, 0) is 83.1 Å². The first-order chi connectivity index (χ1) is 16.9. The van der Waals surface area contributed by atoms with E-state index in [1.807, 2.05) is 43.3 Å². The molecule has 0 saturated heterocycles. The molecule has 6 nitrogen and oxygen atoms in total. The van der Waals surface area contributed by atoms with Gasteiger partial charge in [0.05, 0.1) is 10.7 Å². The maximum absolute atomic E-state index is 12.7. The number of aryl methyl sites for hydroxylation is 1. The fourth-order valence-corrected chi connectivity index (χ4v) is 3.89. The van der Waals surface area contributed by atoms with Gasteiger partial charge < -0.3 is 19.5 Å². The van der Waals surface area contributed by atoms with Crippen molar-refractivity contribution in [3.05, 3.63) is 99.2 Å². The van der Waals surface area contributed by atoms with Gasteiger partial charge in [-0.3, -0.25) is 4.79 Å². The molecule has 0 radical (unpaired) electrons. The Hall–Kier alpha value is -3.77. The molecule has 0 aliphatic rings. The maximum Gasteiger partial charge on any atom is 0.266 e. The highest BCUT2D eigenvalue weighted by molar-refractivity contribution is 14.1. The summed E-state index contributed by atoms with van der Waals surface area (Å²) in [6.45, 7) is 6.47. The van der Waals surface area contributed by atoms with Gasteiger partial charge in [0.2, 0.25) is 0 Å². The Morgan fingerprint density at radius 2 is 1.83 bits per heavy atom. The van der Waals surface area contributed by atoms with E-state index in [2.05, 4.69) is 34.5 Å². The summed E-state index contributed by atoms with van der Waals surface area (Å²) in [4.78, 5) is 12.7. The van der Waals surface area contributed by atoms with Gasteiger partial charge in [0.1, 0.15) is 30.6 Å². The van der Waals surface area contributed by atoms with Crippen LogP contribution >= 0.6 is 22.6 Å². The van der Waals surface area contributed by atoms with Crippen LogP contribution in [-0.4, -0.2) is 19.6 Å². The number of hydrogen-bond donors (Lipinski definition) is 1. The molecule has 0 aliphatic carbocycles. The van der Waals surface area contributed by atoms with Crippen LogP contribution < -0.4 is 19.5 Å². The number of anilines is 1. The van der Waals surface area contributed by atoms with Crippen LogP contribution in [0.4, 0.5) is 5.69 Å². The molecule has 3 aromatic carbocycles. The van der Waals surface area contributed by atoms with Gasteiger partial charge in [0, 0.05) is 5.69 Å². The van der Waals surface area contributed by atoms with Gasteiger partial charge in [-0.2, -0.15) is 5.26 Å². The summed E-state index contributed by atoms with van der Waals surface area (Å²) in [5.41, 5.74) is 3.43. The summed E-state index contributed by atoms with van der Waals surface area (Å²) in [5.74, 6) is 1.25. The van der Waals surface area contributed by atoms with E-state index in [1.165, 1.54) is 18.7 Å². The van der Waals surface area contributed by atoms with Crippen molar-refractivity contribution >= 4 is 40.3 Å². The van der Waals surface area contributed by atoms with Crippen molar-refractivity contribution in [2.45, 2.75) is 13.5 Å². The van der Waals surface area contributed by atoms with E-state index in [-0.39, 0.29) is 5.57 Å². The van der Waals surface area contributed by atoms with Crippen LogP contribution in [0, 0.1) is 21.8 Å². The van der Waals surface area contributed by atoms with Crippen molar-refractivity contribution in [1.29, 1.82) is 5.26 Å². The second-order valence-corrected chi connectivity index (χ2v) is 8.72. The van der Waals surface area contributed by atoms with Gasteiger partial charge >= 0.3 is 0 Å². The quantitative estimate of drug-likeness (QED) is 0.132. The van der Waals surface area contributed by atoms with E-state index in [0.717, 1.165) is 9.13 Å². The second-order valence-electron chi connectivity index (χ2n) is 7.56. The van der Waals surface area contributed by atoms with Crippen molar-refractivity contribution in [2.24, 2.45) is 0 Å². The molecular weight excluding hydrogens is 555 g/mol. The number of rotatable bonds is 10. The molecule has 35 heavy (non-hydrogen) atoms. The lowest BCUT2D eigenvalue weighted by molar-refractivity contribution is -0.112. The van der Waals surface area contributed by atoms with Crippen molar-refractivity contribution in [3.8, 4) is 23.3 Å². The van der Waals surface area contributed by atoms with Crippen molar-refractivity contribution in [3.63, 3.8) is 0 Å². The summed E-state index contributed by atoms with van der Waals surface area (Å²) in [6.07, 6.45) is 3.15. The predicted octanol–water partition coefficient (Wildman–Crippen LogP) is 6.30. The first kappa shape index (κ1) is 25.8. The molecule has 0 fully saturated rings. The van der Waals surface area contributed by atoms with E-state index in [4.69, 9.17) is 14.2 Å². The Kier molecular flexibility index (Phi) is 9.32. The molecule has 1 N–H and O–H groups in total. The van der Waals surface area contributed by atoms with Crippen LogP contribution in [0.5, 0.6) is 17.2 Å². The van der Waals surface area contributed by atoms with Gasteiger partial charge in [-0.1, -0.05) is 42.5 Å². The molecule has 0 aliphatic heterocycles. The molecule has 7 heteroatoms. The van der Waals surface area contributed by atoms with Gasteiger partial charge in [0.25, 0.3) is 5.91 Å². The fourth-order valence-electron chi connectivity index (χ4n) is 3.10. The molecule has 0 heterocycles. The number of benzene rings is 3. The Bertz CT molecular complexity index is 1260. The zero-order chi connectivity index (χ0) is 25.2. The average Bonchev–Trinajstić information content (AvgIpc) is 2.86. The van der Waals surface area contributed by atoms with E-state index < -0.39 is 5.91 Å². The summed E-state index contributed by atoms with van der Waals surface area (Å²) in [7, 11) is 1.53. The maximum atomic E-state index is 12.7. The van der Waals surface area contributed by atoms with E-state index >= 15 is 0 Å². The van der Waals surface area contributed by atoms with Crippen molar-refractivity contribution in [1.82, 2.24) is 0 Å². The molecule has 0 aromatic heterocycles. The highest BCUT2D eigenvalue weighted by Gasteiger charge is 2.14. The summed E-state index contributed by atoms with van der Waals surface area (Å²) < 4.78 is 17.7. The number of nitrogens with zero attached hydrogens (tertiary/aromatic N) is 1. The van der Waals surface area contributed by atoms with Crippen LogP contribution in [0.25, 0.3) is 6.08 Å². The molecule has 0 atom stereocenters. The minimum absolute atomic E-state index is 0.0395. The van der Waals surface area contributed by atoms with Crippen LogP contribution in [0.15, 0.2) is 78.9 Å². The third kappa shape index (κ3) is 7.36. The lowest BCUT2D eigenvalue weighted by Crippen LogP contribution is -2.13. The van der Waals surface area contributed by atoms with E-state index in [1.54, 1.807) is 36.4 Å². The summed E-state index contributed by atoms with van der Waals surface area (Å²) >= 11 is 2.12. The number of halogens is 1. The van der Waals surface area contributed by atoms with Crippen LogP contribution in [-0.2, 0) is 11.4 Å². The largest absolute Gasteiger partial charge is 0.493 e. The number of hydrogen-bond acceptors (Lipinski definition) is 5. The topological polar surface area (TPSA) is 80.6 Å². The first-order valence-electron chi connectivity index (χ1n) is 10.8. The van der Waals surface area contributed by atoms with E-state index in [0.29, 0.717) is 41.7 Å². The molecule has 178 valence electrons. The summed E-state index contributed by atoms with van der Waals surface area (Å²) in [5, 5.41) is 12.3. The molecular formula is C28H25IN2O4. The van der Waals surface area contributed by atoms with Crippen molar-refractivity contribution in [2.75, 3.05) is 19.0 Å². The molecule has 3 rings (SSSR count). The van der Waals surface area contributed by atoms with Crippen LogP contribution in [0.2, 0.25) is 0 Å². The fraction of sp³-hybridized carbons (Fsp3) is 0.143. The Morgan fingerprint density at radius 3 is 2.46 bits per heavy atom. The smallest absolute Gasteiger partial charge is 0.266 e. The Labute approximate surface area is 219 Å². The zero-order valence-electron chi connectivity index (χ0n) is 19.5. The molecule has 0 unspecified atom stereocenters. The molecule has 0 bridgehead atoms. The predicted molar refractivity (Wildman–Crippen MR) is 146 cm³/mol. The second kappa shape index (κ2) is 12.6. The number of ether oxygens (including phenoxy) is 3. The first-order valence-corrected chi connectivity index (χ1v) is 11.8. The molecule has 1 amide bonds. The lowest BCUT2D eigenvalue weighted by Gasteiger charge is -2.12. The van der Waals surface area contributed by atoms with Crippen molar-refractivity contribution < 1.29 is 19.0 Å². The van der Waals surface area contributed by atoms with Gasteiger partial charge in [-0.25, -0.2) is 0 Å². The number of carbonyl (C=O) groups is 1. The van der Waals surface area contributed by atoms with Crippen LogP contribution in [0.1, 0.15) is 16.7 Å².